The summed E-state index contributed by atoms with van der Waals surface area (Å²) in [6.45, 7) is 0.546. The van der Waals surface area contributed by atoms with Gasteiger partial charge in [-0.15, -0.1) is 0 Å². The minimum Gasteiger partial charge on any atom is -0.342 e. The molecule has 2 aromatic carbocycles. The van der Waals surface area contributed by atoms with E-state index in [1.807, 2.05) is 29.0 Å². The van der Waals surface area contributed by atoms with E-state index in [1.54, 1.807) is 36.8 Å². The highest BCUT2D eigenvalue weighted by atomic mass is 16.2. The molecule has 1 aliphatic rings. The van der Waals surface area contributed by atoms with Gasteiger partial charge in [-0.25, -0.2) is 9.97 Å². The number of H-pyrrole nitrogens is 1. The number of fused-ring (bicyclic) bond motifs is 1. The van der Waals surface area contributed by atoms with Crippen LogP contribution in [-0.4, -0.2) is 31.3 Å². The van der Waals surface area contributed by atoms with Crippen LogP contribution in [0.15, 0.2) is 61.2 Å². The fraction of sp³-hybridized carbons (Fsp3) is 0.250. The lowest BCUT2D eigenvalue weighted by Crippen LogP contribution is -2.15. The topological polar surface area (TPSA) is 105 Å². The Morgan fingerprint density at radius 2 is 1.97 bits per heavy atom. The van der Waals surface area contributed by atoms with Crippen molar-refractivity contribution in [3.8, 4) is 0 Å². The molecule has 2 heterocycles. The molecule has 2 amide bonds. The number of hydrogen-bond donors (Lipinski definition) is 3. The number of nitrogens with zero attached hydrogens (tertiary/aromatic N) is 3. The Morgan fingerprint density at radius 1 is 1.09 bits per heavy atom. The zero-order valence-corrected chi connectivity index (χ0v) is 17.5. The number of benzene rings is 2. The summed E-state index contributed by atoms with van der Waals surface area (Å²) in [6, 6.07) is 12.6. The molecule has 1 aliphatic carbocycles. The zero-order chi connectivity index (χ0) is 21.9. The van der Waals surface area contributed by atoms with E-state index in [2.05, 4.69) is 25.6 Å². The lowest BCUT2D eigenvalue weighted by Gasteiger charge is -2.22. The van der Waals surface area contributed by atoms with Gasteiger partial charge in [0.05, 0.1) is 17.4 Å². The van der Waals surface area contributed by atoms with Gasteiger partial charge in [-0.3, -0.25) is 9.59 Å². The van der Waals surface area contributed by atoms with Crippen molar-refractivity contribution in [3.05, 3.63) is 72.6 Å². The van der Waals surface area contributed by atoms with Gasteiger partial charge in [0, 0.05) is 48.2 Å². The van der Waals surface area contributed by atoms with Gasteiger partial charge in [0.15, 0.2) is 0 Å². The standard InChI is InChI=1S/C24H24N6O2/c31-22(9-11-30-12-10-25-15-30)26-18-6-2-5-17(13-18)24(32)27-19-7-8-20-21(14-19)29-23(28-20)16-3-1-4-16/h2,5-8,10,12-16H,1,3-4,9,11H2,(H,26,31)(H,27,32)(H,28,29). The highest BCUT2D eigenvalue weighted by Crippen LogP contribution is 2.35. The predicted octanol–water partition coefficient (Wildman–Crippen LogP) is 4.31. The van der Waals surface area contributed by atoms with E-state index in [9.17, 15) is 9.59 Å². The number of amides is 2. The van der Waals surface area contributed by atoms with Crippen LogP contribution in [0.1, 0.15) is 47.8 Å². The molecular formula is C24H24N6O2. The molecule has 2 aromatic heterocycles. The molecule has 8 nitrogen and oxygen atoms in total. The van der Waals surface area contributed by atoms with Crippen molar-refractivity contribution < 1.29 is 9.59 Å². The van der Waals surface area contributed by atoms with Crippen molar-refractivity contribution in [1.29, 1.82) is 0 Å². The van der Waals surface area contributed by atoms with Gasteiger partial charge < -0.3 is 20.2 Å². The van der Waals surface area contributed by atoms with Crippen molar-refractivity contribution in [2.24, 2.45) is 0 Å². The number of aryl methyl sites for hydroxylation is 1. The lowest BCUT2D eigenvalue weighted by atomic mass is 9.85. The molecule has 1 fully saturated rings. The van der Waals surface area contributed by atoms with E-state index in [1.165, 1.54) is 19.3 Å². The smallest absolute Gasteiger partial charge is 0.255 e. The Morgan fingerprint density at radius 3 is 2.75 bits per heavy atom. The summed E-state index contributed by atoms with van der Waals surface area (Å²) in [5.74, 6) is 1.20. The second kappa shape index (κ2) is 8.66. The average molecular weight is 428 g/mol. The van der Waals surface area contributed by atoms with E-state index >= 15 is 0 Å². The van der Waals surface area contributed by atoms with Crippen LogP contribution in [-0.2, 0) is 11.3 Å². The maximum atomic E-state index is 12.8. The molecular weight excluding hydrogens is 404 g/mol. The number of aromatic amines is 1. The molecule has 1 saturated carbocycles. The summed E-state index contributed by atoms with van der Waals surface area (Å²) in [5.41, 5.74) is 3.58. The number of aromatic nitrogens is 4. The van der Waals surface area contributed by atoms with E-state index in [0.717, 1.165) is 16.9 Å². The van der Waals surface area contributed by atoms with E-state index < -0.39 is 0 Å². The van der Waals surface area contributed by atoms with Crippen LogP contribution in [0.4, 0.5) is 11.4 Å². The summed E-state index contributed by atoms with van der Waals surface area (Å²) in [5, 5.41) is 5.78. The second-order valence-electron chi connectivity index (χ2n) is 8.12. The Hall–Kier alpha value is -3.94. The first-order valence-corrected chi connectivity index (χ1v) is 10.8. The van der Waals surface area contributed by atoms with Crippen molar-refractivity contribution in [2.45, 2.75) is 38.1 Å². The van der Waals surface area contributed by atoms with Crippen LogP contribution in [0.25, 0.3) is 11.0 Å². The summed E-state index contributed by atoms with van der Waals surface area (Å²) in [4.78, 5) is 37.0. The SMILES string of the molecule is O=C(CCn1ccnc1)Nc1cccc(C(=O)Nc2ccc3nc(C4CCC4)[nH]c3c2)c1. The highest BCUT2D eigenvalue weighted by Gasteiger charge is 2.22. The van der Waals surface area contributed by atoms with Crippen LogP contribution < -0.4 is 10.6 Å². The van der Waals surface area contributed by atoms with E-state index in [4.69, 9.17) is 0 Å². The van der Waals surface area contributed by atoms with Gasteiger partial charge in [-0.1, -0.05) is 12.5 Å². The fourth-order valence-corrected chi connectivity index (χ4v) is 3.80. The predicted molar refractivity (Wildman–Crippen MR) is 123 cm³/mol. The van der Waals surface area contributed by atoms with Gasteiger partial charge in [0.25, 0.3) is 5.91 Å². The third kappa shape index (κ3) is 4.39. The molecule has 32 heavy (non-hydrogen) atoms. The summed E-state index contributed by atoms with van der Waals surface area (Å²) in [6.07, 6.45) is 9.10. The zero-order valence-electron chi connectivity index (χ0n) is 17.5. The van der Waals surface area contributed by atoms with Gasteiger partial charge in [0.2, 0.25) is 5.91 Å². The normalized spacial score (nSPS) is 13.6. The quantitative estimate of drug-likeness (QED) is 0.408. The van der Waals surface area contributed by atoms with Crippen LogP contribution in [0.5, 0.6) is 0 Å². The van der Waals surface area contributed by atoms with Gasteiger partial charge in [0.1, 0.15) is 5.82 Å². The summed E-state index contributed by atoms with van der Waals surface area (Å²) in [7, 11) is 0. The molecule has 5 rings (SSSR count). The lowest BCUT2D eigenvalue weighted by molar-refractivity contribution is -0.116. The molecule has 0 radical (unpaired) electrons. The van der Waals surface area contributed by atoms with Crippen LogP contribution in [0, 0.1) is 0 Å². The highest BCUT2D eigenvalue weighted by molar-refractivity contribution is 6.06. The fourth-order valence-electron chi connectivity index (χ4n) is 3.80. The molecule has 8 heteroatoms. The number of carbonyl (C=O) groups is 2. The molecule has 0 unspecified atom stereocenters. The number of carbonyl (C=O) groups excluding carboxylic acids is 2. The molecule has 0 saturated heterocycles. The Balaban J connectivity index is 1.22. The first-order chi connectivity index (χ1) is 15.6. The Labute approximate surface area is 185 Å². The molecule has 0 aliphatic heterocycles. The summed E-state index contributed by atoms with van der Waals surface area (Å²) >= 11 is 0. The molecule has 4 aromatic rings. The number of nitrogens with one attached hydrogen (secondary N) is 3. The first-order valence-electron chi connectivity index (χ1n) is 10.8. The number of rotatable bonds is 7. The Bertz CT molecular complexity index is 1260. The minimum absolute atomic E-state index is 0.122. The van der Waals surface area contributed by atoms with Crippen molar-refractivity contribution in [3.63, 3.8) is 0 Å². The largest absolute Gasteiger partial charge is 0.342 e. The summed E-state index contributed by atoms with van der Waals surface area (Å²) < 4.78 is 1.84. The minimum atomic E-state index is -0.238. The maximum Gasteiger partial charge on any atom is 0.255 e. The number of imidazole rings is 2. The van der Waals surface area contributed by atoms with Crippen molar-refractivity contribution >= 4 is 34.2 Å². The second-order valence-corrected chi connectivity index (χ2v) is 8.12. The van der Waals surface area contributed by atoms with Crippen molar-refractivity contribution in [2.75, 3.05) is 10.6 Å². The van der Waals surface area contributed by atoms with E-state index in [-0.39, 0.29) is 11.8 Å². The number of hydrogen-bond acceptors (Lipinski definition) is 4. The van der Waals surface area contributed by atoms with Crippen LogP contribution in [0.2, 0.25) is 0 Å². The molecule has 0 atom stereocenters. The monoisotopic (exact) mass is 428 g/mol. The Kier molecular flexibility index (Phi) is 5.41. The van der Waals surface area contributed by atoms with Crippen LogP contribution >= 0.6 is 0 Å². The third-order valence-corrected chi connectivity index (χ3v) is 5.81. The van der Waals surface area contributed by atoms with Gasteiger partial charge in [-0.2, -0.15) is 0 Å². The molecule has 3 N–H and O–H groups in total. The molecule has 0 bridgehead atoms. The molecule has 162 valence electrons. The molecule has 0 spiro atoms. The van der Waals surface area contributed by atoms with Gasteiger partial charge in [-0.05, 0) is 49.2 Å². The number of anilines is 2. The first kappa shape index (κ1) is 20.0. The average Bonchev–Trinajstić information content (AvgIpc) is 3.40. The van der Waals surface area contributed by atoms with E-state index in [0.29, 0.717) is 35.8 Å². The maximum absolute atomic E-state index is 12.8. The van der Waals surface area contributed by atoms with Crippen molar-refractivity contribution in [1.82, 2.24) is 19.5 Å². The van der Waals surface area contributed by atoms with Crippen LogP contribution in [0.3, 0.4) is 0 Å². The third-order valence-electron chi connectivity index (χ3n) is 5.81. The van der Waals surface area contributed by atoms with Gasteiger partial charge >= 0.3 is 0 Å².